The van der Waals surface area contributed by atoms with E-state index in [9.17, 15) is 14.6 Å². The summed E-state index contributed by atoms with van der Waals surface area (Å²) in [5.41, 5.74) is 2.69. The van der Waals surface area contributed by atoms with Crippen molar-refractivity contribution in [3.05, 3.63) is 82.9 Å². The maximum absolute atomic E-state index is 13.3. The molecule has 0 amide bonds. The molecular weight excluding hydrogens is 379 g/mol. The average molecular weight is 400 g/mol. The Labute approximate surface area is 174 Å². The van der Waals surface area contributed by atoms with Crippen molar-refractivity contribution in [2.45, 2.75) is 31.8 Å². The van der Waals surface area contributed by atoms with Crippen LogP contribution in [0.4, 0.5) is 4.39 Å². The molecule has 3 aromatic rings. The number of hydrogen-bond acceptors (Lipinski definition) is 3. The van der Waals surface area contributed by atoms with Crippen LogP contribution in [-0.4, -0.2) is 25.6 Å². The number of hydrogen-bond donors (Lipinski definition) is 2. The van der Waals surface area contributed by atoms with Gasteiger partial charge in [-0.05, 0) is 67.3 Å². The summed E-state index contributed by atoms with van der Waals surface area (Å²) in [6, 6.07) is 13.1. The second-order valence-corrected chi connectivity index (χ2v) is 8.25. The molecule has 4 nitrogen and oxygen atoms in total. The van der Waals surface area contributed by atoms with Crippen LogP contribution >= 0.6 is 0 Å². The molecule has 1 saturated carbocycles. The molecule has 2 atom stereocenters. The number of para-hydroxylation sites is 1. The van der Waals surface area contributed by atoms with E-state index in [2.05, 4.69) is 23.0 Å². The van der Waals surface area contributed by atoms with Crippen molar-refractivity contribution >= 4 is 6.08 Å². The van der Waals surface area contributed by atoms with Gasteiger partial charge >= 0.3 is 0 Å². The number of rotatable bonds is 1. The molecule has 30 heavy (non-hydrogen) atoms. The molecule has 0 saturated heterocycles. The molecule has 0 radical (unpaired) electrons. The summed E-state index contributed by atoms with van der Waals surface area (Å²) in [5, 5.41) is 26.0. The Morgan fingerprint density at radius 1 is 1.13 bits per heavy atom. The molecule has 1 unspecified atom stereocenters. The lowest BCUT2D eigenvalue weighted by Crippen LogP contribution is -2.44. The number of nitrogens with zero attached hydrogens (tertiary/aromatic N) is 2. The molecule has 0 bridgehead atoms. The van der Waals surface area contributed by atoms with Crippen molar-refractivity contribution in [2.75, 3.05) is 0 Å². The van der Waals surface area contributed by atoms with E-state index in [1.807, 2.05) is 23.9 Å². The number of halogens is 1. The first-order valence-electron chi connectivity index (χ1n) is 9.97. The second-order valence-electron chi connectivity index (χ2n) is 8.25. The van der Waals surface area contributed by atoms with Crippen LogP contribution < -0.4 is 0 Å². The third kappa shape index (κ3) is 2.76. The summed E-state index contributed by atoms with van der Waals surface area (Å²) >= 11 is 0. The maximum atomic E-state index is 13.3. The number of fused-ring (bicyclic) bond motifs is 2. The minimum absolute atomic E-state index is 0.110. The molecule has 0 spiro atoms. The van der Waals surface area contributed by atoms with Crippen LogP contribution in [0.2, 0.25) is 0 Å². The molecule has 2 aliphatic rings. The summed E-state index contributed by atoms with van der Waals surface area (Å²) in [4.78, 5) is 0. The molecule has 1 aromatic heterocycles. The molecule has 5 rings (SSSR count). The molecule has 1 heterocycles. The molecule has 5 heteroatoms. The summed E-state index contributed by atoms with van der Waals surface area (Å²) in [7, 11) is 0. The fourth-order valence-electron chi connectivity index (χ4n) is 4.59. The van der Waals surface area contributed by atoms with Crippen LogP contribution in [0, 0.1) is 23.1 Å². The summed E-state index contributed by atoms with van der Waals surface area (Å²) in [6.07, 6.45) is 5.78. The number of phenols is 1. The lowest BCUT2D eigenvalue weighted by Gasteiger charge is -2.39. The van der Waals surface area contributed by atoms with Gasteiger partial charge in [0.15, 0.2) is 0 Å². The van der Waals surface area contributed by atoms with Gasteiger partial charge in [-0.15, -0.1) is 0 Å². The van der Waals surface area contributed by atoms with Gasteiger partial charge in [-0.1, -0.05) is 36.5 Å². The van der Waals surface area contributed by atoms with Gasteiger partial charge in [-0.25, -0.2) is 9.07 Å². The smallest absolute Gasteiger partial charge is 0.135 e. The lowest BCUT2D eigenvalue weighted by atomic mass is 9.67. The second kappa shape index (κ2) is 6.58. The number of aromatic hydroxyl groups is 1. The normalized spacial score (nSPS) is 24.4. The number of aliphatic hydroxyl groups is 1. The first-order chi connectivity index (χ1) is 14.4. The molecule has 2 N–H and O–H groups in total. The Hall–Kier alpha value is -3.36. The molecule has 0 aliphatic heterocycles. The summed E-state index contributed by atoms with van der Waals surface area (Å²) in [5.74, 6) is 5.87. The van der Waals surface area contributed by atoms with Crippen LogP contribution in [0.25, 0.3) is 11.8 Å². The van der Waals surface area contributed by atoms with Gasteiger partial charge in [-0.3, -0.25) is 0 Å². The third-order valence-electron chi connectivity index (χ3n) is 6.50. The van der Waals surface area contributed by atoms with Crippen molar-refractivity contribution in [1.82, 2.24) is 9.78 Å². The van der Waals surface area contributed by atoms with E-state index in [1.165, 1.54) is 12.1 Å². The van der Waals surface area contributed by atoms with E-state index in [0.29, 0.717) is 18.4 Å². The molecule has 1 fully saturated rings. The Balaban J connectivity index is 1.53. The third-order valence-corrected chi connectivity index (χ3v) is 6.50. The minimum atomic E-state index is -1.20. The van der Waals surface area contributed by atoms with Gasteiger partial charge in [0.05, 0.1) is 23.1 Å². The Morgan fingerprint density at radius 3 is 2.67 bits per heavy atom. The number of benzene rings is 2. The Kier molecular flexibility index (Phi) is 4.09. The van der Waals surface area contributed by atoms with E-state index in [4.69, 9.17) is 0 Å². The van der Waals surface area contributed by atoms with Crippen molar-refractivity contribution < 1.29 is 14.6 Å². The van der Waals surface area contributed by atoms with Gasteiger partial charge < -0.3 is 10.2 Å². The van der Waals surface area contributed by atoms with Gasteiger partial charge in [-0.2, -0.15) is 5.10 Å². The van der Waals surface area contributed by atoms with Gasteiger partial charge in [0, 0.05) is 5.41 Å². The summed E-state index contributed by atoms with van der Waals surface area (Å²) < 4.78 is 15.1. The zero-order valence-electron chi connectivity index (χ0n) is 16.6. The van der Waals surface area contributed by atoms with Crippen molar-refractivity contribution in [2.24, 2.45) is 5.41 Å². The first kappa shape index (κ1) is 18.7. The maximum Gasteiger partial charge on any atom is 0.135 e. The molecular formula is C25H21FN2O2. The van der Waals surface area contributed by atoms with Crippen LogP contribution in [0.15, 0.2) is 60.3 Å². The minimum Gasteiger partial charge on any atom is -0.507 e. The average Bonchev–Trinajstić information content (AvgIpc) is 3.24. The van der Waals surface area contributed by atoms with Crippen LogP contribution in [0.1, 0.15) is 36.6 Å². The van der Waals surface area contributed by atoms with Crippen LogP contribution in [0.5, 0.6) is 5.75 Å². The predicted octanol–water partition coefficient (Wildman–Crippen LogP) is 4.24. The van der Waals surface area contributed by atoms with Gasteiger partial charge in [0.2, 0.25) is 0 Å². The number of phenolic OH excluding ortho intramolecular Hbond substituents is 1. The quantitative estimate of drug-likeness (QED) is 0.601. The first-order valence-corrected chi connectivity index (χ1v) is 9.97. The molecule has 150 valence electrons. The molecule has 2 aromatic carbocycles. The highest BCUT2D eigenvalue weighted by atomic mass is 19.1. The fraction of sp³-hybridized carbons (Fsp3) is 0.240. The Bertz CT molecular complexity index is 1230. The SMILES string of the molecule is CC12Cc3cnn(-c4ccc(F)cc4)c3C=C1CC[C@@]2(O)C#Cc1ccccc1O. The molecule has 2 aliphatic carbocycles. The topological polar surface area (TPSA) is 58.3 Å². The monoisotopic (exact) mass is 400 g/mol. The van der Waals surface area contributed by atoms with Crippen LogP contribution in [-0.2, 0) is 6.42 Å². The van der Waals surface area contributed by atoms with Gasteiger partial charge in [0.1, 0.15) is 17.2 Å². The highest BCUT2D eigenvalue weighted by Crippen LogP contribution is 2.55. The highest BCUT2D eigenvalue weighted by molar-refractivity contribution is 5.64. The lowest BCUT2D eigenvalue weighted by molar-refractivity contribution is 0.0153. The largest absolute Gasteiger partial charge is 0.507 e. The van der Waals surface area contributed by atoms with Crippen molar-refractivity contribution in [3.8, 4) is 23.3 Å². The van der Waals surface area contributed by atoms with E-state index >= 15 is 0 Å². The standard InChI is InChI=1S/C25H21FN2O2/c1-24-15-18-16-27-28(21-8-6-20(26)7-9-21)22(18)14-19(24)11-13-25(24,30)12-10-17-4-2-3-5-23(17)29/h2-9,14,16,29-30H,11,13,15H2,1H3/t24?,25-/m0/s1. The van der Waals surface area contributed by atoms with Crippen molar-refractivity contribution in [1.29, 1.82) is 0 Å². The van der Waals surface area contributed by atoms with Crippen LogP contribution in [0.3, 0.4) is 0 Å². The zero-order valence-corrected chi connectivity index (χ0v) is 16.6. The predicted molar refractivity (Wildman–Crippen MR) is 112 cm³/mol. The van der Waals surface area contributed by atoms with E-state index < -0.39 is 11.0 Å². The van der Waals surface area contributed by atoms with Crippen molar-refractivity contribution in [3.63, 3.8) is 0 Å². The fourth-order valence-corrected chi connectivity index (χ4v) is 4.59. The zero-order chi connectivity index (χ0) is 20.9. The van der Waals surface area contributed by atoms with Gasteiger partial charge in [0.25, 0.3) is 0 Å². The highest BCUT2D eigenvalue weighted by Gasteiger charge is 2.54. The number of aromatic nitrogens is 2. The Morgan fingerprint density at radius 2 is 1.90 bits per heavy atom. The van der Waals surface area contributed by atoms with E-state index in [0.717, 1.165) is 28.9 Å². The summed E-state index contributed by atoms with van der Waals surface area (Å²) in [6.45, 7) is 2.05. The van der Waals surface area contributed by atoms with E-state index in [-0.39, 0.29) is 11.6 Å². The van der Waals surface area contributed by atoms with E-state index in [1.54, 1.807) is 30.3 Å².